The molecule has 0 atom stereocenters. The smallest absolute Gasteiger partial charge is 0.244 e. The number of anilines is 1. The van der Waals surface area contributed by atoms with Crippen molar-refractivity contribution in [1.29, 1.82) is 0 Å². The Hall–Kier alpha value is -2.40. The van der Waals surface area contributed by atoms with E-state index < -0.39 is 10.0 Å². The minimum atomic E-state index is -3.52. The van der Waals surface area contributed by atoms with E-state index in [9.17, 15) is 8.42 Å². The highest BCUT2D eigenvalue weighted by molar-refractivity contribution is 7.89. The van der Waals surface area contributed by atoms with Crippen molar-refractivity contribution in [3.63, 3.8) is 0 Å². The number of aromatic nitrogens is 1. The molecular formula is C22H30N4O5S. The Labute approximate surface area is 189 Å². The fourth-order valence-corrected chi connectivity index (χ4v) is 5.37. The summed E-state index contributed by atoms with van der Waals surface area (Å²) in [6, 6.07) is 9.46. The van der Waals surface area contributed by atoms with Gasteiger partial charge in [-0.25, -0.2) is 13.4 Å². The predicted octanol–water partition coefficient (Wildman–Crippen LogP) is 1.44. The number of nitrogens with zero attached hydrogens (tertiary/aromatic N) is 4. The molecule has 4 rings (SSSR count). The van der Waals surface area contributed by atoms with E-state index in [2.05, 4.69) is 20.9 Å². The summed E-state index contributed by atoms with van der Waals surface area (Å²) < 4.78 is 43.0. The number of pyridine rings is 1. The van der Waals surface area contributed by atoms with Crippen LogP contribution in [-0.4, -0.2) is 89.3 Å². The number of benzene rings is 1. The maximum atomic E-state index is 12.8. The maximum Gasteiger partial charge on any atom is 0.244 e. The van der Waals surface area contributed by atoms with Crippen LogP contribution in [0.25, 0.3) is 0 Å². The number of hydrogen-bond acceptors (Lipinski definition) is 8. The normalized spacial score (nSPS) is 18.5. The molecule has 0 bridgehead atoms. The van der Waals surface area contributed by atoms with Crippen LogP contribution in [-0.2, 0) is 21.3 Å². The van der Waals surface area contributed by atoms with E-state index in [0.717, 1.165) is 50.0 Å². The van der Waals surface area contributed by atoms with Gasteiger partial charge in [-0.15, -0.1) is 0 Å². The van der Waals surface area contributed by atoms with Gasteiger partial charge in [0.1, 0.15) is 10.7 Å². The van der Waals surface area contributed by atoms with Gasteiger partial charge in [-0.3, -0.25) is 4.90 Å². The number of methoxy groups -OCH3 is 2. The quantitative estimate of drug-likeness (QED) is 0.611. The van der Waals surface area contributed by atoms with E-state index in [1.54, 1.807) is 26.4 Å². The van der Waals surface area contributed by atoms with Crippen molar-refractivity contribution in [3.05, 3.63) is 42.1 Å². The number of rotatable bonds is 7. The molecule has 0 saturated carbocycles. The number of sulfonamides is 1. The van der Waals surface area contributed by atoms with Crippen molar-refractivity contribution in [2.45, 2.75) is 11.4 Å². The zero-order chi connectivity index (χ0) is 22.6. The molecule has 174 valence electrons. The average Bonchev–Trinajstić information content (AvgIpc) is 2.85. The third kappa shape index (κ3) is 4.98. The van der Waals surface area contributed by atoms with Crippen LogP contribution in [0.2, 0.25) is 0 Å². The Morgan fingerprint density at radius 3 is 2.28 bits per heavy atom. The van der Waals surface area contributed by atoms with Crippen LogP contribution in [0, 0.1) is 0 Å². The van der Waals surface area contributed by atoms with Gasteiger partial charge in [0.25, 0.3) is 0 Å². The molecule has 3 heterocycles. The molecule has 2 aromatic rings. The summed E-state index contributed by atoms with van der Waals surface area (Å²) in [5.41, 5.74) is 1.17. The van der Waals surface area contributed by atoms with Gasteiger partial charge in [0.05, 0.1) is 27.4 Å². The van der Waals surface area contributed by atoms with Crippen LogP contribution >= 0.6 is 0 Å². The molecule has 0 unspecified atom stereocenters. The largest absolute Gasteiger partial charge is 0.493 e. The SMILES string of the molecule is COc1ccc(CN2CCN(c3ccc(S(=O)(=O)N4CCOCC4)cn3)CC2)cc1OC. The van der Waals surface area contributed by atoms with Gasteiger partial charge < -0.3 is 19.1 Å². The Bertz CT molecular complexity index is 1000. The summed E-state index contributed by atoms with van der Waals surface area (Å²) in [4.78, 5) is 9.26. The summed E-state index contributed by atoms with van der Waals surface area (Å²) in [5.74, 6) is 2.27. The van der Waals surface area contributed by atoms with Crippen LogP contribution in [0.5, 0.6) is 11.5 Å². The third-order valence-corrected chi connectivity index (χ3v) is 7.76. The van der Waals surface area contributed by atoms with Gasteiger partial charge in [-0.2, -0.15) is 4.31 Å². The first-order valence-electron chi connectivity index (χ1n) is 10.7. The molecule has 10 heteroatoms. The lowest BCUT2D eigenvalue weighted by atomic mass is 10.1. The van der Waals surface area contributed by atoms with Crippen molar-refractivity contribution in [2.75, 3.05) is 71.6 Å². The number of hydrogen-bond donors (Lipinski definition) is 0. The monoisotopic (exact) mass is 462 g/mol. The summed E-state index contributed by atoms with van der Waals surface area (Å²) in [7, 11) is -0.241. The molecule has 0 amide bonds. The second-order valence-corrected chi connectivity index (χ2v) is 9.76. The zero-order valence-electron chi connectivity index (χ0n) is 18.6. The molecule has 0 N–H and O–H groups in total. The highest BCUT2D eigenvalue weighted by atomic mass is 32.2. The van der Waals surface area contributed by atoms with E-state index in [-0.39, 0.29) is 4.90 Å². The van der Waals surface area contributed by atoms with Crippen LogP contribution in [0.1, 0.15) is 5.56 Å². The van der Waals surface area contributed by atoms with Gasteiger partial charge in [-0.05, 0) is 29.8 Å². The highest BCUT2D eigenvalue weighted by Gasteiger charge is 2.27. The summed E-state index contributed by atoms with van der Waals surface area (Å²) in [6.45, 7) is 5.90. The van der Waals surface area contributed by atoms with E-state index >= 15 is 0 Å². The van der Waals surface area contributed by atoms with E-state index in [4.69, 9.17) is 14.2 Å². The fraction of sp³-hybridized carbons (Fsp3) is 0.500. The fourth-order valence-electron chi connectivity index (χ4n) is 4.02. The van der Waals surface area contributed by atoms with Crippen molar-refractivity contribution in [2.24, 2.45) is 0 Å². The minimum Gasteiger partial charge on any atom is -0.493 e. The van der Waals surface area contributed by atoms with Crippen LogP contribution in [0.15, 0.2) is 41.4 Å². The van der Waals surface area contributed by atoms with E-state index in [1.807, 2.05) is 12.1 Å². The van der Waals surface area contributed by atoms with E-state index in [1.165, 1.54) is 16.1 Å². The Morgan fingerprint density at radius 2 is 1.66 bits per heavy atom. The predicted molar refractivity (Wildman–Crippen MR) is 121 cm³/mol. The standard InChI is InChI=1S/C22H30N4O5S/c1-29-20-5-3-18(15-21(20)30-2)17-24-7-9-25(10-8-24)22-6-4-19(16-23-22)32(27,28)26-11-13-31-14-12-26/h3-6,15-16H,7-14,17H2,1-2H3. The second kappa shape index (κ2) is 10.0. The minimum absolute atomic E-state index is 0.232. The van der Waals surface area contributed by atoms with Crippen molar-refractivity contribution < 1.29 is 22.6 Å². The number of morpholine rings is 1. The molecule has 0 spiro atoms. The third-order valence-electron chi connectivity index (χ3n) is 5.88. The van der Waals surface area contributed by atoms with Gasteiger partial charge in [0.15, 0.2) is 11.5 Å². The van der Waals surface area contributed by atoms with Crippen molar-refractivity contribution in [3.8, 4) is 11.5 Å². The molecular weight excluding hydrogens is 432 g/mol. The molecule has 1 aromatic heterocycles. The summed E-state index contributed by atoms with van der Waals surface area (Å²) >= 11 is 0. The Morgan fingerprint density at radius 1 is 0.938 bits per heavy atom. The van der Waals surface area contributed by atoms with Gasteiger partial charge >= 0.3 is 0 Å². The lowest BCUT2D eigenvalue weighted by molar-refractivity contribution is 0.0730. The molecule has 1 aromatic carbocycles. The van der Waals surface area contributed by atoms with Gasteiger partial charge in [0, 0.05) is 52.0 Å². The molecule has 2 fully saturated rings. The molecule has 2 aliphatic rings. The van der Waals surface area contributed by atoms with Gasteiger partial charge in [-0.1, -0.05) is 6.07 Å². The lowest BCUT2D eigenvalue weighted by Gasteiger charge is -2.35. The topological polar surface area (TPSA) is 84.4 Å². The molecule has 32 heavy (non-hydrogen) atoms. The number of piperazine rings is 1. The molecule has 0 aliphatic carbocycles. The maximum absolute atomic E-state index is 12.8. The molecule has 2 aliphatic heterocycles. The molecule has 9 nitrogen and oxygen atoms in total. The first kappa shape index (κ1) is 22.8. The molecule has 0 radical (unpaired) electrons. The second-order valence-electron chi connectivity index (χ2n) is 7.82. The van der Waals surface area contributed by atoms with E-state index in [0.29, 0.717) is 26.3 Å². The first-order valence-corrected chi connectivity index (χ1v) is 12.2. The molecule has 2 saturated heterocycles. The zero-order valence-corrected chi connectivity index (χ0v) is 19.4. The lowest BCUT2D eigenvalue weighted by Crippen LogP contribution is -2.46. The number of ether oxygens (including phenoxy) is 3. The first-order chi connectivity index (χ1) is 15.5. The van der Waals surface area contributed by atoms with Crippen LogP contribution in [0.4, 0.5) is 5.82 Å². The van der Waals surface area contributed by atoms with Crippen molar-refractivity contribution in [1.82, 2.24) is 14.2 Å². The van der Waals surface area contributed by atoms with Gasteiger partial charge in [0.2, 0.25) is 10.0 Å². The van der Waals surface area contributed by atoms with Crippen LogP contribution in [0.3, 0.4) is 0 Å². The Kier molecular flexibility index (Phi) is 7.14. The summed E-state index contributed by atoms with van der Waals surface area (Å²) in [5, 5.41) is 0. The highest BCUT2D eigenvalue weighted by Crippen LogP contribution is 2.28. The summed E-state index contributed by atoms with van der Waals surface area (Å²) in [6.07, 6.45) is 1.47. The average molecular weight is 463 g/mol. The van der Waals surface area contributed by atoms with Crippen molar-refractivity contribution >= 4 is 15.8 Å². The van der Waals surface area contributed by atoms with Crippen LogP contribution < -0.4 is 14.4 Å². The Balaban J connectivity index is 1.34.